The summed E-state index contributed by atoms with van der Waals surface area (Å²) in [6, 6.07) is 1.94. The van der Waals surface area contributed by atoms with E-state index in [0.29, 0.717) is 5.88 Å². The average Bonchev–Trinajstić information content (AvgIpc) is 2.29. The van der Waals surface area contributed by atoms with Gasteiger partial charge in [0.05, 0.1) is 18.9 Å². The standard InChI is InChI=1S/C13H20N2O2/c1-13(2,3)11-8-12(15-9-14-11)17-10-4-6-16-7-5-10/h8-10H,4-7H2,1-3H3. The highest BCUT2D eigenvalue weighted by Gasteiger charge is 2.19. The first-order valence-electron chi connectivity index (χ1n) is 6.12. The molecule has 1 aromatic heterocycles. The normalized spacial score (nSPS) is 18.1. The number of rotatable bonds is 2. The van der Waals surface area contributed by atoms with Gasteiger partial charge in [0.2, 0.25) is 5.88 Å². The second-order valence-electron chi connectivity index (χ2n) is 5.42. The van der Waals surface area contributed by atoms with E-state index in [-0.39, 0.29) is 11.5 Å². The Morgan fingerprint density at radius 1 is 1.24 bits per heavy atom. The van der Waals surface area contributed by atoms with Crippen molar-refractivity contribution in [2.45, 2.75) is 45.1 Å². The molecule has 4 nitrogen and oxygen atoms in total. The Hall–Kier alpha value is -1.16. The highest BCUT2D eigenvalue weighted by Crippen LogP contribution is 2.23. The molecule has 0 aromatic carbocycles. The van der Waals surface area contributed by atoms with Crippen molar-refractivity contribution in [3.63, 3.8) is 0 Å². The molecule has 2 heterocycles. The highest BCUT2D eigenvalue weighted by molar-refractivity contribution is 5.19. The summed E-state index contributed by atoms with van der Waals surface area (Å²) >= 11 is 0. The van der Waals surface area contributed by atoms with Crippen LogP contribution in [0.4, 0.5) is 0 Å². The van der Waals surface area contributed by atoms with Gasteiger partial charge in [-0.05, 0) is 0 Å². The molecule has 1 saturated heterocycles. The Labute approximate surface area is 102 Å². The molecule has 17 heavy (non-hydrogen) atoms. The maximum Gasteiger partial charge on any atom is 0.216 e. The van der Waals surface area contributed by atoms with Crippen LogP contribution >= 0.6 is 0 Å². The zero-order valence-electron chi connectivity index (χ0n) is 10.8. The zero-order chi connectivity index (χ0) is 12.3. The van der Waals surface area contributed by atoms with E-state index < -0.39 is 0 Å². The van der Waals surface area contributed by atoms with Crippen molar-refractivity contribution in [3.8, 4) is 5.88 Å². The SMILES string of the molecule is CC(C)(C)c1cc(OC2CCOCC2)ncn1. The van der Waals surface area contributed by atoms with Crippen LogP contribution in [-0.4, -0.2) is 29.3 Å². The summed E-state index contributed by atoms with van der Waals surface area (Å²) in [6.45, 7) is 7.96. The van der Waals surface area contributed by atoms with Gasteiger partial charge in [-0.1, -0.05) is 20.8 Å². The second kappa shape index (κ2) is 5.00. The molecule has 0 unspecified atom stereocenters. The van der Waals surface area contributed by atoms with E-state index in [2.05, 4.69) is 30.7 Å². The van der Waals surface area contributed by atoms with Crippen LogP contribution < -0.4 is 4.74 Å². The average molecular weight is 236 g/mol. The van der Waals surface area contributed by atoms with Crippen molar-refractivity contribution < 1.29 is 9.47 Å². The molecule has 94 valence electrons. The van der Waals surface area contributed by atoms with E-state index in [4.69, 9.17) is 9.47 Å². The van der Waals surface area contributed by atoms with Crippen molar-refractivity contribution in [2.24, 2.45) is 0 Å². The molecule has 1 aliphatic heterocycles. The number of hydrogen-bond acceptors (Lipinski definition) is 4. The Kier molecular flexibility index (Phi) is 3.62. The van der Waals surface area contributed by atoms with Crippen LogP contribution in [0.3, 0.4) is 0 Å². The van der Waals surface area contributed by atoms with Gasteiger partial charge >= 0.3 is 0 Å². The Balaban J connectivity index is 2.05. The van der Waals surface area contributed by atoms with Gasteiger partial charge in [-0.25, -0.2) is 9.97 Å². The van der Waals surface area contributed by atoms with Gasteiger partial charge in [-0.3, -0.25) is 0 Å². The van der Waals surface area contributed by atoms with Gasteiger partial charge in [-0.15, -0.1) is 0 Å². The monoisotopic (exact) mass is 236 g/mol. The number of hydrogen-bond donors (Lipinski definition) is 0. The predicted octanol–water partition coefficient (Wildman–Crippen LogP) is 2.33. The Bertz CT molecular complexity index is 368. The van der Waals surface area contributed by atoms with E-state index in [1.165, 1.54) is 0 Å². The van der Waals surface area contributed by atoms with Crippen LogP contribution in [0.5, 0.6) is 5.88 Å². The minimum Gasteiger partial charge on any atom is -0.474 e. The molecule has 4 heteroatoms. The van der Waals surface area contributed by atoms with Gasteiger partial charge < -0.3 is 9.47 Å². The lowest BCUT2D eigenvalue weighted by Gasteiger charge is -2.23. The summed E-state index contributed by atoms with van der Waals surface area (Å²) in [4.78, 5) is 8.46. The third-order valence-corrected chi connectivity index (χ3v) is 2.87. The fraction of sp³-hybridized carbons (Fsp3) is 0.692. The third-order valence-electron chi connectivity index (χ3n) is 2.87. The molecule has 0 N–H and O–H groups in total. The molecular formula is C13H20N2O2. The minimum atomic E-state index is 0.0245. The summed E-state index contributed by atoms with van der Waals surface area (Å²) in [7, 11) is 0. The molecule has 2 rings (SSSR count). The topological polar surface area (TPSA) is 44.2 Å². The quantitative estimate of drug-likeness (QED) is 0.790. The van der Waals surface area contributed by atoms with Crippen LogP contribution in [0.15, 0.2) is 12.4 Å². The lowest BCUT2D eigenvalue weighted by atomic mass is 9.92. The highest BCUT2D eigenvalue weighted by atomic mass is 16.5. The molecule has 1 fully saturated rings. The molecule has 0 saturated carbocycles. The fourth-order valence-electron chi connectivity index (χ4n) is 1.78. The van der Waals surface area contributed by atoms with Crippen LogP contribution in [0, 0.1) is 0 Å². The lowest BCUT2D eigenvalue weighted by Crippen LogP contribution is -2.26. The van der Waals surface area contributed by atoms with Crippen molar-refractivity contribution in [3.05, 3.63) is 18.1 Å². The summed E-state index contributed by atoms with van der Waals surface area (Å²) in [5.41, 5.74) is 1.03. The summed E-state index contributed by atoms with van der Waals surface area (Å²) < 4.78 is 11.2. The minimum absolute atomic E-state index is 0.0245. The van der Waals surface area contributed by atoms with Gasteiger partial charge in [0.1, 0.15) is 12.4 Å². The molecule has 0 radical (unpaired) electrons. The third kappa shape index (κ3) is 3.40. The molecule has 0 amide bonds. The number of ether oxygens (including phenoxy) is 2. The van der Waals surface area contributed by atoms with Crippen LogP contribution in [0.1, 0.15) is 39.3 Å². The zero-order valence-corrected chi connectivity index (χ0v) is 10.8. The number of nitrogens with zero attached hydrogens (tertiary/aromatic N) is 2. The molecule has 0 spiro atoms. The first-order valence-corrected chi connectivity index (χ1v) is 6.12. The summed E-state index contributed by atoms with van der Waals surface area (Å²) in [5.74, 6) is 0.678. The summed E-state index contributed by atoms with van der Waals surface area (Å²) in [5, 5.41) is 0. The first-order chi connectivity index (χ1) is 8.05. The van der Waals surface area contributed by atoms with Crippen molar-refractivity contribution in [2.75, 3.05) is 13.2 Å². The largest absolute Gasteiger partial charge is 0.474 e. The van der Waals surface area contributed by atoms with E-state index >= 15 is 0 Å². The van der Waals surface area contributed by atoms with E-state index in [1.54, 1.807) is 6.33 Å². The van der Waals surface area contributed by atoms with Crippen LogP contribution in [0.25, 0.3) is 0 Å². The van der Waals surface area contributed by atoms with E-state index in [9.17, 15) is 0 Å². The smallest absolute Gasteiger partial charge is 0.216 e. The fourth-order valence-corrected chi connectivity index (χ4v) is 1.78. The van der Waals surface area contributed by atoms with Crippen LogP contribution in [-0.2, 0) is 10.2 Å². The molecule has 0 atom stereocenters. The maximum atomic E-state index is 5.86. The van der Waals surface area contributed by atoms with Crippen molar-refractivity contribution >= 4 is 0 Å². The van der Waals surface area contributed by atoms with Gasteiger partial charge in [-0.2, -0.15) is 0 Å². The van der Waals surface area contributed by atoms with Crippen molar-refractivity contribution in [1.82, 2.24) is 9.97 Å². The maximum absolute atomic E-state index is 5.86. The van der Waals surface area contributed by atoms with Gasteiger partial charge in [0, 0.05) is 24.3 Å². The Morgan fingerprint density at radius 3 is 2.59 bits per heavy atom. The molecule has 1 aliphatic rings. The van der Waals surface area contributed by atoms with Crippen LogP contribution in [0.2, 0.25) is 0 Å². The molecule has 1 aromatic rings. The molecule has 0 aliphatic carbocycles. The first kappa shape index (κ1) is 12.3. The number of aromatic nitrogens is 2. The molecular weight excluding hydrogens is 216 g/mol. The van der Waals surface area contributed by atoms with E-state index in [1.807, 2.05) is 6.07 Å². The van der Waals surface area contributed by atoms with Gasteiger partial charge in [0.25, 0.3) is 0 Å². The van der Waals surface area contributed by atoms with Crippen molar-refractivity contribution in [1.29, 1.82) is 0 Å². The molecule has 0 bridgehead atoms. The van der Waals surface area contributed by atoms with E-state index in [0.717, 1.165) is 31.7 Å². The Morgan fingerprint density at radius 2 is 1.94 bits per heavy atom. The summed E-state index contributed by atoms with van der Waals surface area (Å²) in [6.07, 6.45) is 3.69. The van der Waals surface area contributed by atoms with Gasteiger partial charge in [0.15, 0.2) is 0 Å². The predicted molar refractivity (Wildman–Crippen MR) is 65.2 cm³/mol. The second-order valence-corrected chi connectivity index (χ2v) is 5.42. The lowest BCUT2D eigenvalue weighted by molar-refractivity contribution is 0.0236.